The molecule has 0 saturated carbocycles. The Morgan fingerprint density at radius 2 is 2.11 bits per heavy atom. The fourth-order valence-corrected chi connectivity index (χ4v) is 1.58. The first-order valence-corrected chi connectivity index (χ1v) is 6.06. The van der Waals surface area contributed by atoms with E-state index in [9.17, 15) is 4.79 Å². The van der Waals surface area contributed by atoms with Crippen molar-refractivity contribution in [1.29, 1.82) is 5.26 Å². The molecule has 0 amide bonds. The van der Waals surface area contributed by atoms with Crippen molar-refractivity contribution in [2.75, 3.05) is 20.3 Å². The van der Waals surface area contributed by atoms with Gasteiger partial charge in [0.25, 0.3) is 0 Å². The highest BCUT2D eigenvalue weighted by atomic mass is 16.5. The van der Waals surface area contributed by atoms with Crippen molar-refractivity contribution in [3.05, 3.63) is 35.9 Å². The number of nitrogens with one attached hydrogen (secondary N) is 1. The molecule has 0 aliphatic carbocycles. The second-order valence-corrected chi connectivity index (χ2v) is 3.96. The van der Waals surface area contributed by atoms with Crippen molar-refractivity contribution < 1.29 is 14.3 Å². The molecule has 0 aliphatic rings. The maximum absolute atomic E-state index is 11.7. The number of hydrogen-bond acceptors (Lipinski definition) is 5. The molecule has 0 aliphatic heterocycles. The fourth-order valence-electron chi connectivity index (χ4n) is 1.58. The van der Waals surface area contributed by atoms with E-state index in [4.69, 9.17) is 14.7 Å². The van der Waals surface area contributed by atoms with Crippen molar-refractivity contribution in [2.24, 2.45) is 0 Å². The predicted molar refractivity (Wildman–Crippen MR) is 70.2 cm³/mol. The molecular weight excluding hydrogens is 244 g/mol. The van der Waals surface area contributed by atoms with Crippen LogP contribution in [-0.4, -0.2) is 32.3 Å². The van der Waals surface area contributed by atoms with Crippen LogP contribution in [0.15, 0.2) is 30.3 Å². The van der Waals surface area contributed by atoms with Crippen molar-refractivity contribution in [3.8, 4) is 6.07 Å². The van der Waals surface area contributed by atoms with E-state index in [1.807, 2.05) is 36.4 Å². The van der Waals surface area contributed by atoms with Crippen LogP contribution < -0.4 is 5.32 Å². The third-order valence-electron chi connectivity index (χ3n) is 2.57. The second-order valence-electron chi connectivity index (χ2n) is 3.96. The number of nitrogens with zero attached hydrogens (tertiary/aromatic N) is 1. The Hall–Kier alpha value is -1.90. The fraction of sp³-hybridized carbons (Fsp3) is 0.429. The molecule has 1 rings (SSSR count). The molecule has 1 aromatic carbocycles. The minimum absolute atomic E-state index is 0.348. The summed E-state index contributed by atoms with van der Waals surface area (Å²) in [5, 5.41) is 11.6. The van der Waals surface area contributed by atoms with Crippen molar-refractivity contribution in [3.63, 3.8) is 0 Å². The normalized spacial score (nSPS) is 13.3. The van der Waals surface area contributed by atoms with Gasteiger partial charge in [-0.05, 0) is 12.5 Å². The number of ether oxygens (including phenoxy) is 2. The Kier molecular flexibility index (Phi) is 6.58. The molecule has 0 aromatic heterocycles. The second kappa shape index (κ2) is 8.25. The van der Waals surface area contributed by atoms with E-state index >= 15 is 0 Å². The van der Waals surface area contributed by atoms with E-state index < -0.39 is 12.1 Å². The molecule has 0 saturated heterocycles. The molecule has 5 heteroatoms. The van der Waals surface area contributed by atoms with Crippen molar-refractivity contribution in [1.82, 2.24) is 5.32 Å². The summed E-state index contributed by atoms with van der Waals surface area (Å²) in [4.78, 5) is 11.7. The highest BCUT2D eigenvalue weighted by molar-refractivity contribution is 5.77. The molecule has 0 radical (unpaired) electrons. The quantitative estimate of drug-likeness (QED) is 0.594. The minimum Gasteiger partial charge on any atom is -0.468 e. The van der Waals surface area contributed by atoms with E-state index in [2.05, 4.69) is 5.32 Å². The zero-order valence-corrected chi connectivity index (χ0v) is 11.1. The van der Waals surface area contributed by atoms with Gasteiger partial charge in [0.15, 0.2) is 0 Å². The number of carbonyl (C=O) groups is 1. The van der Waals surface area contributed by atoms with Crippen LogP contribution in [0.2, 0.25) is 0 Å². The van der Waals surface area contributed by atoms with Crippen molar-refractivity contribution >= 4 is 5.97 Å². The molecular formula is C14H18N2O3. The lowest BCUT2D eigenvalue weighted by molar-refractivity contribution is -0.143. The maximum Gasteiger partial charge on any atom is 0.327 e. The SMILES string of the molecule is COC(=O)C(NCCOC(C)C#N)c1ccccc1. The van der Waals surface area contributed by atoms with E-state index in [1.165, 1.54) is 7.11 Å². The smallest absolute Gasteiger partial charge is 0.327 e. The molecule has 102 valence electrons. The molecule has 5 nitrogen and oxygen atoms in total. The summed E-state index contributed by atoms with van der Waals surface area (Å²) < 4.78 is 9.99. The molecule has 0 bridgehead atoms. The predicted octanol–water partition coefficient (Wildman–Crippen LogP) is 1.42. The van der Waals surface area contributed by atoms with Gasteiger partial charge >= 0.3 is 5.97 Å². The van der Waals surface area contributed by atoms with Gasteiger partial charge in [-0.25, -0.2) is 4.79 Å². The summed E-state index contributed by atoms with van der Waals surface area (Å²) in [6, 6.07) is 10.8. The van der Waals surface area contributed by atoms with Crippen LogP contribution in [0.1, 0.15) is 18.5 Å². The number of hydrogen-bond donors (Lipinski definition) is 1. The Bertz CT molecular complexity index is 428. The molecule has 1 aromatic rings. The molecule has 2 atom stereocenters. The van der Waals surface area contributed by atoms with Gasteiger partial charge in [-0.2, -0.15) is 5.26 Å². The van der Waals surface area contributed by atoms with Crippen LogP contribution in [0.4, 0.5) is 0 Å². The van der Waals surface area contributed by atoms with Gasteiger partial charge in [0.05, 0.1) is 19.8 Å². The zero-order chi connectivity index (χ0) is 14.1. The van der Waals surface area contributed by atoms with E-state index in [1.54, 1.807) is 6.92 Å². The number of carbonyl (C=O) groups excluding carboxylic acids is 1. The Morgan fingerprint density at radius 3 is 2.68 bits per heavy atom. The third kappa shape index (κ3) is 5.08. The first-order valence-electron chi connectivity index (χ1n) is 6.06. The minimum atomic E-state index is -0.521. The summed E-state index contributed by atoms with van der Waals surface area (Å²) in [6.07, 6.45) is -0.449. The lowest BCUT2D eigenvalue weighted by Gasteiger charge is -2.17. The highest BCUT2D eigenvalue weighted by Crippen LogP contribution is 2.13. The topological polar surface area (TPSA) is 71.3 Å². The van der Waals surface area contributed by atoms with Gasteiger partial charge < -0.3 is 9.47 Å². The van der Waals surface area contributed by atoms with Gasteiger partial charge in [0.2, 0.25) is 0 Å². The summed E-state index contributed by atoms with van der Waals surface area (Å²) in [7, 11) is 1.36. The molecule has 0 heterocycles. The molecule has 19 heavy (non-hydrogen) atoms. The number of benzene rings is 1. The summed E-state index contributed by atoms with van der Waals surface area (Å²) >= 11 is 0. The van der Waals surface area contributed by atoms with Crippen LogP contribution in [0.3, 0.4) is 0 Å². The lowest BCUT2D eigenvalue weighted by Crippen LogP contribution is -2.32. The average Bonchev–Trinajstić information content (AvgIpc) is 2.47. The zero-order valence-electron chi connectivity index (χ0n) is 11.1. The van der Waals surface area contributed by atoms with Crippen LogP contribution in [0.25, 0.3) is 0 Å². The van der Waals surface area contributed by atoms with Crippen LogP contribution in [0.5, 0.6) is 0 Å². The van der Waals surface area contributed by atoms with E-state index in [0.717, 1.165) is 5.56 Å². The number of nitriles is 1. The van der Waals surface area contributed by atoms with Gasteiger partial charge in [-0.15, -0.1) is 0 Å². The molecule has 2 unspecified atom stereocenters. The Labute approximate surface area is 113 Å². The highest BCUT2D eigenvalue weighted by Gasteiger charge is 2.20. The summed E-state index contributed by atoms with van der Waals surface area (Å²) in [5.41, 5.74) is 0.836. The number of esters is 1. The average molecular weight is 262 g/mol. The monoisotopic (exact) mass is 262 g/mol. The summed E-state index contributed by atoms with van der Waals surface area (Å²) in [6.45, 7) is 2.49. The van der Waals surface area contributed by atoms with Crippen LogP contribution in [-0.2, 0) is 14.3 Å². The van der Waals surface area contributed by atoms with Gasteiger partial charge in [0.1, 0.15) is 12.1 Å². The Balaban J connectivity index is 2.53. The van der Waals surface area contributed by atoms with Crippen LogP contribution in [0, 0.1) is 11.3 Å². The number of methoxy groups -OCH3 is 1. The standard InChI is InChI=1S/C14H18N2O3/c1-11(10-15)19-9-8-16-13(14(17)18-2)12-6-4-3-5-7-12/h3-7,11,13,16H,8-9H2,1-2H3. The van der Waals surface area contributed by atoms with E-state index in [0.29, 0.717) is 13.2 Å². The van der Waals surface area contributed by atoms with Gasteiger partial charge in [-0.1, -0.05) is 30.3 Å². The van der Waals surface area contributed by atoms with Crippen LogP contribution >= 0.6 is 0 Å². The number of rotatable bonds is 7. The first-order chi connectivity index (χ1) is 9.19. The lowest BCUT2D eigenvalue weighted by atomic mass is 10.1. The van der Waals surface area contributed by atoms with Gasteiger partial charge in [-0.3, -0.25) is 5.32 Å². The third-order valence-corrected chi connectivity index (χ3v) is 2.57. The molecule has 1 N–H and O–H groups in total. The Morgan fingerprint density at radius 1 is 1.42 bits per heavy atom. The summed E-state index contributed by atoms with van der Waals surface area (Å²) in [5.74, 6) is -0.348. The molecule has 0 spiro atoms. The van der Waals surface area contributed by atoms with Crippen molar-refractivity contribution in [2.45, 2.75) is 19.1 Å². The molecule has 0 fully saturated rings. The maximum atomic E-state index is 11.7. The largest absolute Gasteiger partial charge is 0.468 e. The van der Waals surface area contributed by atoms with Gasteiger partial charge in [0, 0.05) is 6.54 Å². The first kappa shape index (κ1) is 15.2. The van der Waals surface area contributed by atoms with E-state index in [-0.39, 0.29) is 5.97 Å².